The first-order valence-electron chi connectivity index (χ1n) is 6.26. The van der Waals surface area contributed by atoms with E-state index >= 15 is 0 Å². The van der Waals surface area contributed by atoms with Gasteiger partial charge >= 0.3 is 0 Å². The van der Waals surface area contributed by atoms with Crippen LogP contribution < -0.4 is 5.32 Å². The highest BCUT2D eigenvalue weighted by atomic mass is 35.5. The fourth-order valence-corrected chi connectivity index (χ4v) is 2.06. The molecular formula is C15H16ClN3O. The molecule has 0 aliphatic carbocycles. The minimum atomic E-state index is -0.0707. The summed E-state index contributed by atoms with van der Waals surface area (Å²) in [5.41, 5.74) is 1.78. The normalized spacial score (nSPS) is 10.6. The van der Waals surface area contributed by atoms with Crippen LogP contribution in [0.15, 0.2) is 48.8 Å². The van der Waals surface area contributed by atoms with E-state index in [0.29, 0.717) is 23.8 Å². The lowest BCUT2D eigenvalue weighted by molar-refractivity contribution is -0.117. The Balaban J connectivity index is 1.85. The number of nitrogens with one attached hydrogen (secondary N) is 1. The molecule has 1 amide bonds. The van der Waals surface area contributed by atoms with Crippen LogP contribution >= 0.6 is 11.6 Å². The number of rotatable bonds is 5. The summed E-state index contributed by atoms with van der Waals surface area (Å²) in [4.78, 5) is 17.9. The maximum Gasteiger partial charge on any atom is 0.238 e. The Morgan fingerprint density at radius 1 is 1.35 bits per heavy atom. The second-order valence-electron chi connectivity index (χ2n) is 4.59. The van der Waals surface area contributed by atoms with Gasteiger partial charge in [0.15, 0.2) is 0 Å². The topological polar surface area (TPSA) is 45.2 Å². The second-order valence-corrected chi connectivity index (χ2v) is 5.03. The summed E-state index contributed by atoms with van der Waals surface area (Å²) in [6.45, 7) is 0.984. The number of nitrogens with zero attached hydrogens (tertiary/aromatic N) is 2. The van der Waals surface area contributed by atoms with Crippen LogP contribution in [0, 0.1) is 0 Å². The van der Waals surface area contributed by atoms with E-state index in [1.54, 1.807) is 30.6 Å². The van der Waals surface area contributed by atoms with Crippen LogP contribution in [0.5, 0.6) is 0 Å². The second kappa shape index (κ2) is 7.03. The largest absolute Gasteiger partial charge is 0.325 e. The number of aromatic nitrogens is 1. The number of likely N-dealkylation sites (N-methyl/N-ethyl adjacent to an activating group) is 1. The molecule has 20 heavy (non-hydrogen) atoms. The van der Waals surface area contributed by atoms with Gasteiger partial charge in [-0.1, -0.05) is 23.7 Å². The fourth-order valence-electron chi connectivity index (χ4n) is 1.87. The summed E-state index contributed by atoms with van der Waals surface area (Å²) in [7, 11) is 1.89. The van der Waals surface area contributed by atoms with Crippen LogP contribution in [0.2, 0.25) is 5.02 Å². The molecule has 0 bridgehead atoms. The first-order chi connectivity index (χ1) is 9.63. The summed E-state index contributed by atoms with van der Waals surface area (Å²) >= 11 is 5.87. The Kier molecular flexibility index (Phi) is 5.09. The van der Waals surface area contributed by atoms with E-state index in [1.165, 1.54) is 0 Å². The maximum absolute atomic E-state index is 11.9. The third-order valence-corrected chi connectivity index (χ3v) is 2.93. The lowest BCUT2D eigenvalue weighted by atomic mass is 10.2. The molecule has 1 heterocycles. The Labute approximate surface area is 123 Å². The molecule has 0 spiro atoms. The number of hydrogen-bond donors (Lipinski definition) is 1. The predicted molar refractivity (Wildman–Crippen MR) is 80.7 cm³/mol. The number of amides is 1. The highest BCUT2D eigenvalue weighted by Gasteiger charge is 2.07. The standard InChI is InChI=1S/C15H16ClN3O/c1-19(10-12-4-3-7-17-9-12)11-15(20)18-14-6-2-5-13(16)8-14/h2-9H,10-11H2,1H3,(H,18,20). The number of carbonyl (C=O) groups excluding carboxylic acids is 1. The summed E-state index contributed by atoms with van der Waals surface area (Å²) in [5.74, 6) is -0.0707. The summed E-state index contributed by atoms with van der Waals surface area (Å²) in [5, 5.41) is 3.42. The monoisotopic (exact) mass is 289 g/mol. The van der Waals surface area contributed by atoms with Gasteiger partial charge in [0, 0.05) is 29.6 Å². The molecule has 1 aromatic heterocycles. The maximum atomic E-state index is 11.9. The Morgan fingerprint density at radius 2 is 2.20 bits per heavy atom. The zero-order chi connectivity index (χ0) is 14.4. The van der Waals surface area contributed by atoms with Gasteiger partial charge in [-0.2, -0.15) is 0 Å². The van der Waals surface area contributed by atoms with Crippen LogP contribution in [-0.4, -0.2) is 29.4 Å². The van der Waals surface area contributed by atoms with E-state index < -0.39 is 0 Å². The summed E-state index contributed by atoms with van der Waals surface area (Å²) in [6, 6.07) is 11.0. The van der Waals surface area contributed by atoms with Gasteiger partial charge in [-0.25, -0.2) is 0 Å². The summed E-state index contributed by atoms with van der Waals surface area (Å²) in [6.07, 6.45) is 3.53. The molecule has 2 aromatic rings. The van der Waals surface area contributed by atoms with Crippen molar-refractivity contribution in [3.05, 3.63) is 59.4 Å². The summed E-state index contributed by atoms with van der Waals surface area (Å²) < 4.78 is 0. The van der Waals surface area contributed by atoms with E-state index in [-0.39, 0.29) is 5.91 Å². The minimum Gasteiger partial charge on any atom is -0.325 e. The van der Waals surface area contributed by atoms with Gasteiger partial charge in [-0.05, 0) is 36.9 Å². The van der Waals surface area contributed by atoms with Crippen molar-refractivity contribution in [2.24, 2.45) is 0 Å². The quantitative estimate of drug-likeness (QED) is 0.920. The molecule has 0 unspecified atom stereocenters. The third kappa shape index (κ3) is 4.64. The van der Waals surface area contributed by atoms with Gasteiger partial charge in [0.1, 0.15) is 0 Å². The van der Waals surface area contributed by atoms with Gasteiger partial charge in [-0.3, -0.25) is 14.7 Å². The average molecular weight is 290 g/mol. The van der Waals surface area contributed by atoms with Crippen molar-refractivity contribution in [1.82, 2.24) is 9.88 Å². The minimum absolute atomic E-state index is 0.0707. The molecule has 4 nitrogen and oxygen atoms in total. The zero-order valence-corrected chi connectivity index (χ0v) is 12.0. The Morgan fingerprint density at radius 3 is 2.90 bits per heavy atom. The molecule has 1 N–H and O–H groups in total. The van der Waals surface area contributed by atoms with Gasteiger partial charge in [0.2, 0.25) is 5.91 Å². The predicted octanol–water partition coefficient (Wildman–Crippen LogP) is 2.81. The van der Waals surface area contributed by atoms with E-state index in [4.69, 9.17) is 11.6 Å². The molecule has 0 saturated heterocycles. The van der Waals surface area contributed by atoms with E-state index in [2.05, 4.69) is 10.3 Å². The molecule has 5 heteroatoms. The van der Waals surface area contributed by atoms with Crippen LogP contribution in [-0.2, 0) is 11.3 Å². The van der Waals surface area contributed by atoms with Gasteiger partial charge in [0.05, 0.1) is 6.54 Å². The molecule has 0 fully saturated rings. The molecule has 2 rings (SSSR count). The molecule has 1 aromatic carbocycles. The molecule has 0 saturated carbocycles. The van der Waals surface area contributed by atoms with Crippen molar-refractivity contribution in [2.75, 3.05) is 18.9 Å². The lowest BCUT2D eigenvalue weighted by Crippen LogP contribution is -2.29. The highest BCUT2D eigenvalue weighted by molar-refractivity contribution is 6.30. The van der Waals surface area contributed by atoms with Crippen molar-refractivity contribution in [3.63, 3.8) is 0 Å². The third-order valence-electron chi connectivity index (χ3n) is 2.70. The number of benzene rings is 1. The van der Waals surface area contributed by atoms with Gasteiger partial charge in [-0.15, -0.1) is 0 Å². The van der Waals surface area contributed by atoms with E-state index in [1.807, 2.05) is 30.1 Å². The van der Waals surface area contributed by atoms with Crippen LogP contribution in [0.25, 0.3) is 0 Å². The SMILES string of the molecule is CN(CC(=O)Nc1cccc(Cl)c1)Cc1cccnc1. The van der Waals surface area contributed by atoms with Gasteiger partial charge < -0.3 is 5.32 Å². The van der Waals surface area contributed by atoms with Crippen LogP contribution in [0.4, 0.5) is 5.69 Å². The zero-order valence-electron chi connectivity index (χ0n) is 11.2. The molecule has 0 radical (unpaired) electrons. The van der Waals surface area contributed by atoms with E-state index in [9.17, 15) is 4.79 Å². The Bertz CT molecular complexity index is 574. The van der Waals surface area contributed by atoms with Crippen molar-refractivity contribution in [3.8, 4) is 0 Å². The van der Waals surface area contributed by atoms with Crippen molar-refractivity contribution >= 4 is 23.2 Å². The van der Waals surface area contributed by atoms with E-state index in [0.717, 1.165) is 5.56 Å². The van der Waals surface area contributed by atoms with Gasteiger partial charge in [0.25, 0.3) is 0 Å². The molecule has 104 valence electrons. The number of halogens is 1. The smallest absolute Gasteiger partial charge is 0.238 e. The van der Waals surface area contributed by atoms with Crippen molar-refractivity contribution < 1.29 is 4.79 Å². The van der Waals surface area contributed by atoms with Crippen LogP contribution in [0.3, 0.4) is 0 Å². The molecule has 0 aliphatic heterocycles. The number of hydrogen-bond acceptors (Lipinski definition) is 3. The Hall–Kier alpha value is -1.91. The van der Waals surface area contributed by atoms with Crippen molar-refractivity contribution in [2.45, 2.75) is 6.54 Å². The van der Waals surface area contributed by atoms with Crippen molar-refractivity contribution in [1.29, 1.82) is 0 Å². The average Bonchev–Trinajstić information content (AvgIpc) is 2.39. The molecule has 0 aliphatic rings. The number of pyridine rings is 1. The molecular weight excluding hydrogens is 274 g/mol. The fraction of sp³-hybridized carbons (Fsp3) is 0.200. The number of anilines is 1. The van der Waals surface area contributed by atoms with Crippen LogP contribution in [0.1, 0.15) is 5.56 Å². The molecule has 0 atom stereocenters. The number of carbonyl (C=O) groups is 1. The first kappa shape index (κ1) is 14.5. The highest BCUT2D eigenvalue weighted by Crippen LogP contribution is 2.14. The lowest BCUT2D eigenvalue weighted by Gasteiger charge is -2.16. The first-order valence-corrected chi connectivity index (χ1v) is 6.64.